The van der Waals surface area contributed by atoms with E-state index in [-0.39, 0.29) is 0 Å². The van der Waals surface area contributed by atoms with E-state index in [0.29, 0.717) is 30.6 Å². The number of alkyl halides is 3. The second-order valence-corrected chi connectivity index (χ2v) is 7.66. The van der Waals surface area contributed by atoms with Crippen LogP contribution in [0.4, 0.5) is 19.0 Å². The van der Waals surface area contributed by atoms with Gasteiger partial charge in [-0.2, -0.15) is 13.2 Å². The molecule has 1 aliphatic rings. The van der Waals surface area contributed by atoms with Crippen LogP contribution in [0.15, 0.2) is 42.6 Å². The smallest absolute Gasteiger partial charge is 0.354 e. The molecule has 0 saturated carbocycles. The molecule has 0 amide bonds. The molecule has 0 spiro atoms. The SMILES string of the molecule is Cc1ccc2cc(CN3CCN(c4ccc(C(F)(F)F)cn4)CC3)c(Cl)nc2c1. The molecule has 152 valence electrons. The molecule has 2 aromatic heterocycles. The maximum atomic E-state index is 12.7. The van der Waals surface area contributed by atoms with Crippen molar-refractivity contribution in [3.8, 4) is 0 Å². The fourth-order valence-corrected chi connectivity index (χ4v) is 3.73. The predicted molar refractivity (Wildman–Crippen MR) is 108 cm³/mol. The van der Waals surface area contributed by atoms with Crippen LogP contribution < -0.4 is 4.90 Å². The molecule has 1 aliphatic heterocycles. The third-order valence-electron chi connectivity index (χ3n) is 5.16. The first-order valence-corrected chi connectivity index (χ1v) is 9.74. The minimum Gasteiger partial charge on any atom is -0.354 e. The molecule has 1 fully saturated rings. The maximum Gasteiger partial charge on any atom is 0.417 e. The average molecular weight is 421 g/mol. The van der Waals surface area contributed by atoms with E-state index >= 15 is 0 Å². The molecule has 0 N–H and O–H groups in total. The summed E-state index contributed by atoms with van der Waals surface area (Å²) in [7, 11) is 0. The van der Waals surface area contributed by atoms with Crippen LogP contribution in [0.5, 0.6) is 0 Å². The molecule has 0 bridgehead atoms. The third kappa shape index (κ3) is 4.46. The van der Waals surface area contributed by atoms with Gasteiger partial charge in [-0.3, -0.25) is 4.90 Å². The van der Waals surface area contributed by atoms with E-state index in [0.717, 1.165) is 47.4 Å². The van der Waals surface area contributed by atoms with Gasteiger partial charge in [0, 0.05) is 49.9 Å². The Morgan fingerprint density at radius 1 is 1.03 bits per heavy atom. The maximum absolute atomic E-state index is 12.7. The van der Waals surface area contributed by atoms with Gasteiger partial charge in [0.2, 0.25) is 0 Å². The van der Waals surface area contributed by atoms with E-state index in [1.807, 2.05) is 24.0 Å². The van der Waals surface area contributed by atoms with Gasteiger partial charge in [0.15, 0.2) is 0 Å². The Labute approximate surface area is 171 Å². The summed E-state index contributed by atoms with van der Waals surface area (Å²) in [4.78, 5) is 12.8. The summed E-state index contributed by atoms with van der Waals surface area (Å²) < 4.78 is 38.1. The van der Waals surface area contributed by atoms with Gasteiger partial charge in [-0.25, -0.2) is 9.97 Å². The number of anilines is 1. The van der Waals surface area contributed by atoms with Crippen LogP contribution >= 0.6 is 11.6 Å². The predicted octanol–water partition coefficient (Wildman–Crippen LogP) is 4.93. The van der Waals surface area contributed by atoms with Crippen LogP contribution in [0.3, 0.4) is 0 Å². The molecule has 1 aromatic carbocycles. The van der Waals surface area contributed by atoms with Crippen LogP contribution in [-0.4, -0.2) is 41.0 Å². The van der Waals surface area contributed by atoms with Gasteiger partial charge in [0.05, 0.1) is 11.1 Å². The Morgan fingerprint density at radius 2 is 1.79 bits per heavy atom. The second-order valence-electron chi connectivity index (χ2n) is 7.30. The van der Waals surface area contributed by atoms with Crippen LogP contribution in [-0.2, 0) is 12.7 Å². The van der Waals surface area contributed by atoms with E-state index in [1.54, 1.807) is 0 Å². The fraction of sp³-hybridized carbons (Fsp3) is 0.333. The van der Waals surface area contributed by atoms with E-state index in [4.69, 9.17) is 11.6 Å². The summed E-state index contributed by atoms with van der Waals surface area (Å²) in [6.07, 6.45) is -3.47. The Bertz CT molecular complexity index is 1010. The van der Waals surface area contributed by atoms with Crippen molar-refractivity contribution in [1.82, 2.24) is 14.9 Å². The number of aryl methyl sites for hydroxylation is 1. The summed E-state index contributed by atoms with van der Waals surface area (Å²) in [5, 5.41) is 1.57. The minimum absolute atomic E-state index is 0.509. The highest BCUT2D eigenvalue weighted by molar-refractivity contribution is 6.30. The average Bonchev–Trinajstić information content (AvgIpc) is 2.69. The second kappa shape index (κ2) is 7.80. The normalized spacial score (nSPS) is 15.8. The molecule has 29 heavy (non-hydrogen) atoms. The molecule has 0 aliphatic carbocycles. The summed E-state index contributed by atoms with van der Waals surface area (Å²) in [6.45, 7) is 5.63. The number of halogens is 4. The molecule has 8 heteroatoms. The first-order chi connectivity index (χ1) is 13.8. The Morgan fingerprint density at radius 3 is 2.45 bits per heavy atom. The summed E-state index contributed by atoms with van der Waals surface area (Å²) in [5.41, 5.74) is 2.27. The standard InChI is InChI=1S/C21H20ClF3N4/c1-14-2-3-15-11-16(20(22)27-18(15)10-14)13-28-6-8-29(9-7-28)19-5-4-17(12-26-19)21(23,24)25/h2-5,10-12H,6-9,13H2,1H3. The number of aromatic nitrogens is 2. The molecule has 4 nitrogen and oxygen atoms in total. The van der Waals surface area contributed by atoms with Crippen molar-refractivity contribution in [2.45, 2.75) is 19.6 Å². The molecule has 0 radical (unpaired) electrons. The van der Waals surface area contributed by atoms with Gasteiger partial charge in [0.1, 0.15) is 11.0 Å². The third-order valence-corrected chi connectivity index (χ3v) is 5.49. The number of nitrogens with zero attached hydrogens (tertiary/aromatic N) is 4. The van der Waals surface area contributed by atoms with Crippen molar-refractivity contribution >= 4 is 28.3 Å². The first kappa shape index (κ1) is 19.9. The molecule has 3 aromatic rings. The van der Waals surface area contributed by atoms with E-state index in [1.165, 1.54) is 6.07 Å². The highest BCUT2D eigenvalue weighted by Gasteiger charge is 2.31. The van der Waals surface area contributed by atoms with Gasteiger partial charge in [0.25, 0.3) is 0 Å². The van der Waals surface area contributed by atoms with Gasteiger partial charge in [-0.15, -0.1) is 0 Å². The van der Waals surface area contributed by atoms with Crippen molar-refractivity contribution < 1.29 is 13.2 Å². The zero-order valence-corrected chi connectivity index (χ0v) is 16.6. The minimum atomic E-state index is -4.36. The van der Waals surface area contributed by atoms with Crippen LogP contribution in [0, 0.1) is 6.92 Å². The van der Waals surface area contributed by atoms with Crippen molar-refractivity contribution in [1.29, 1.82) is 0 Å². The van der Waals surface area contributed by atoms with Crippen molar-refractivity contribution in [2.75, 3.05) is 31.1 Å². The lowest BCUT2D eigenvalue weighted by Gasteiger charge is -2.35. The largest absolute Gasteiger partial charge is 0.417 e. The van der Waals surface area contributed by atoms with Crippen molar-refractivity contribution in [2.24, 2.45) is 0 Å². The molecule has 0 atom stereocenters. The van der Waals surface area contributed by atoms with Crippen LogP contribution in [0.1, 0.15) is 16.7 Å². The number of hydrogen-bond donors (Lipinski definition) is 0. The highest BCUT2D eigenvalue weighted by atomic mass is 35.5. The molecule has 0 unspecified atom stereocenters. The monoisotopic (exact) mass is 420 g/mol. The fourth-order valence-electron chi connectivity index (χ4n) is 3.53. The van der Waals surface area contributed by atoms with Gasteiger partial charge in [-0.05, 0) is 36.8 Å². The number of fused-ring (bicyclic) bond motifs is 1. The summed E-state index contributed by atoms with van der Waals surface area (Å²) >= 11 is 6.40. The number of benzene rings is 1. The molecule has 1 saturated heterocycles. The lowest BCUT2D eigenvalue weighted by atomic mass is 10.1. The van der Waals surface area contributed by atoms with E-state index in [9.17, 15) is 13.2 Å². The summed E-state index contributed by atoms with van der Waals surface area (Å²) in [6, 6.07) is 10.7. The zero-order chi connectivity index (χ0) is 20.6. The van der Waals surface area contributed by atoms with Gasteiger partial charge in [-0.1, -0.05) is 23.7 Å². The topological polar surface area (TPSA) is 32.3 Å². The van der Waals surface area contributed by atoms with Crippen LogP contribution in [0.25, 0.3) is 10.9 Å². The molecule has 4 rings (SSSR count). The van der Waals surface area contributed by atoms with Crippen LogP contribution in [0.2, 0.25) is 5.15 Å². The van der Waals surface area contributed by atoms with Gasteiger partial charge < -0.3 is 4.90 Å². The Hall–Kier alpha value is -2.38. The van der Waals surface area contributed by atoms with E-state index < -0.39 is 11.7 Å². The molecular formula is C21H20ClF3N4. The van der Waals surface area contributed by atoms with Crippen molar-refractivity contribution in [3.05, 3.63) is 64.4 Å². The Balaban J connectivity index is 1.40. The van der Waals surface area contributed by atoms with E-state index in [2.05, 4.69) is 27.0 Å². The molecular weight excluding hydrogens is 401 g/mol. The lowest BCUT2D eigenvalue weighted by molar-refractivity contribution is -0.137. The number of piperazine rings is 1. The lowest BCUT2D eigenvalue weighted by Crippen LogP contribution is -2.46. The first-order valence-electron chi connectivity index (χ1n) is 9.36. The number of pyridine rings is 2. The zero-order valence-electron chi connectivity index (χ0n) is 15.9. The highest BCUT2D eigenvalue weighted by Crippen LogP contribution is 2.29. The molecule has 3 heterocycles. The van der Waals surface area contributed by atoms with Crippen molar-refractivity contribution in [3.63, 3.8) is 0 Å². The Kier molecular flexibility index (Phi) is 5.36. The quantitative estimate of drug-likeness (QED) is 0.562. The number of rotatable bonds is 3. The number of hydrogen-bond acceptors (Lipinski definition) is 4. The summed E-state index contributed by atoms with van der Waals surface area (Å²) in [5.74, 6) is 0.568. The van der Waals surface area contributed by atoms with Gasteiger partial charge >= 0.3 is 6.18 Å².